The highest BCUT2D eigenvalue weighted by Gasteiger charge is 2.10. The molecule has 5 nitrogen and oxygen atoms in total. The lowest BCUT2D eigenvalue weighted by Gasteiger charge is -2.16. The molecule has 0 saturated heterocycles. The van der Waals surface area contributed by atoms with Crippen molar-refractivity contribution in [1.82, 2.24) is 15.3 Å². The third kappa shape index (κ3) is 4.62. The predicted octanol–water partition coefficient (Wildman–Crippen LogP) is 2.41. The van der Waals surface area contributed by atoms with Gasteiger partial charge in [-0.2, -0.15) is 0 Å². The number of ether oxygens (including phenoxy) is 1. The van der Waals surface area contributed by atoms with Crippen LogP contribution in [0.1, 0.15) is 19.8 Å². The summed E-state index contributed by atoms with van der Waals surface area (Å²) < 4.78 is 5.21. The molecule has 3 N–H and O–H groups in total. The van der Waals surface area contributed by atoms with Gasteiger partial charge in [0.1, 0.15) is 5.75 Å². The molecule has 6 heteroatoms. The van der Waals surface area contributed by atoms with Gasteiger partial charge in [-0.25, -0.2) is 4.98 Å². The summed E-state index contributed by atoms with van der Waals surface area (Å²) in [5, 5.41) is 13.5. The van der Waals surface area contributed by atoms with Crippen molar-refractivity contribution >= 4 is 22.8 Å². The third-order valence-corrected chi connectivity index (χ3v) is 4.28. The number of fused-ring (bicyclic) bond motifs is 1. The van der Waals surface area contributed by atoms with Crippen LogP contribution in [-0.4, -0.2) is 47.1 Å². The molecule has 0 aliphatic heterocycles. The van der Waals surface area contributed by atoms with Gasteiger partial charge in [0, 0.05) is 24.5 Å². The van der Waals surface area contributed by atoms with E-state index < -0.39 is 0 Å². The first kappa shape index (κ1) is 16.1. The number of imidazole rings is 1. The van der Waals surface area contributed by atoms with Crippen molar-refractivity contribution in [2.75, 3.05) is 26.0 Å². The second-order valence-electron chi connectivity index (χ2n) is 4.90. The van der Waals surface area contributed by atoms with Crippen LogP contribution in [-0.2, 0) is 0 Å². The van der Waals surface area contributed by atoms with Crippen molar-refractivity contribution in [3.05, 3.63) is 18.2 Å². The summed E-state index contributed by atoms with van der Waals surface area (Å²) in [6.45, 7) is 3.32. The van der Waals surface area contributed by atoms with E-state index in [9.17, 15) is 0 Å². The maximum atomic E-state index is 9.12. The molecule has 2 aromatic rings. The van der Waals surface area contributed by atoms with E-state index in [-0.39, 0.29) is 6.61 Å². The molecule has 0 radical (unpaired) electrons. The first-order valence-corrected chi connectivity index (χ1v) is 8.26. The van der Waals surface area contributed by atoms with Crippen molar-refractivity contribution in [3.8, 4) is 5.75 Å². The molecule has 116 valence electrons. The zero-order valence-corrected chi connectivity index (χ0v) is 13.4. The van der Waals surface area contributed by atoms with Gasteiger partial charge in [0.05, 0.1) is 18.1 Å². The molecule has 1 unspecified atom stereocenters. The summed E-state index contributed by atoms with van der Waals surface area (Å²) in [5.74, 6) is 1.71. The lowest BCUT2D eigenvalue weighted by atomic mass is 10.2. The van der Waals surface area contributed by atoms with E-state index in [4.69, 9.17) is 9.84 Å². The fraction of sp³-hybridized carbons (Fsp3) is 0.533. The van der Waals surface area contributed by atoms with E-state index in [1.54, 1.807) is 18.9 Å². The number of nitrogens with one attached hydrogen (secondary N) is 2. The molecule has 0 amide bonds. The highest BCUT2D eigenvalue weighted by atomic mass is 32.2. The average Bonchev–Trinajstić information content (AvgIpc) is 2.91. The lowest BCUT2D eigenvalue weighted by molar-refractivity contribution is 0.270. The maximum absolute atomic E-state index is 9.12. The Morgan fingerprint density at radius 3 is 3.05 bits per heavy atom. The van der Waals surface area contributed by atoms with Crippen LogP contribution in [0.5, 0.6) is 5.75 Å². The molecular formula is C15H23N3O2S. The number of hydrogen-bond donors (Lipinski definition) is 3. The Morgan fingerprint density at radius 2 is 2.33 bits per heavy atom. The Labute approximate surface area is 129 Å². The van der Waals surface area contributed by atoms with E-state index in [2.05, 4.69) is 22.2 Å². The predicted molar refractivity (Wildman–Crippen MR) is 87.2 cm³/mol. The molecule has 1 aromatic carbocycles. The van der Waals surface area contributed by atoms with E-state index >= 15 is 0 Å². The molecule has 1 aromatic heterocycles. The summed E-state index contributed by atoms with van der Waals surface area (Å²) in [4.78, 5) is 7.87. The standard InChI is InChI=1S/C15H23N3O2S/c1-3-7-16-11(6-8-19)10-21-15-17-13-5-4-12(20-2)9-14(13)18-15/h4-5,9,11,16,19H,3,6-8,10H2,1-2H3,(H,17,18). The van der Waals surface area contributed by atoms with Crippen LogP contribution in [0.4, 0.5) is 0 Å². The Hall–Kier alpha value is -1.24. The van der Waals surface area contributed by atoms with Gasteiger partial charge in [-0.05, 0) is 31.5 Å². The number of aliphatic hydroxyl groups excluding tert-OH is 1. The van der Waals surface area contributed by atoms with Gasteiger partial charge in [0.2, 0.25) is 0 Å². The van der Waals surface area contributed by atoms with Crippen molar-refractivity contribution in [2.24, 2.45) is 0 Å². The second kappa shape index (κ2) is 8.26. The van der Waals surface area contributed by atoms with Crippen LogP contribution >= 0.6 is 11.8 Å². The molecule has 0 fully saturated rings. The fourth-order valence-corrected chi connectivity index (χ4v) is 3.08. The number of nitrogens with zero attached hydrogens (tertiary/aromatic N) is 1. The van der Waals surface area contributed by atoms with E-state index in [1.165, 1.54) is 0 Å². The van der Waals surface area contributed by atoms with Gasteiger partial charge >= 0.3 is 0 Å². The summed E-state index contributed by atoms with van der Waals surface area (Å²) in [6.07, 6.45) is 1.86. The largest absolute Gasteiger partial charge is 0.497 e. The molecule has 21 heavy (non-hydrogen) atoms. The summed E-state index contributed by atoms with van der Waals surface area (Å²) in [7, 11) is 1.66. The van der Waals surface area contributed by atoms with Crippen molar-refractivity contribution in [2.45, 2.75) is 31.0 Å². The van der Waals surface area contributed by atoms with Crippen LogP contribution < -0.4 is 10.1 Å². The van der Waals surface area contributed by atoms with E-state index in [0.717, 1.165) is 47.1 Å². The molecule has 0 aliphatic carbocycles. The van der Waals surface area contributed by atoms with Gasteiger partial charge in [-0.3, -0.25) is 0 Å². The SMILES string of the molecule is CCCNC(CCO)CSc1nc2ccc(OC)cc2[nH]1. The monoisotopic (exact) mass is 309 g/mol. The van der Waals surface area contributed by atoms with E-state index in [0.29, 0.717) is 6.04 Å². The van der Waals surface area contributed by atoms with Gasteiger partial charge in [0.25, 0.3) is 0 Å². The molecule has 0 spiro atoms. The number of benzene rings is 1. The summed E-state index contributed by atoms with van der Waals surface area (Å²) in [5.41, 5.74) is 1.93. The topological polar surface area (TPSA) is 70.2 Å². The number of aliphatic hydroxyl groups is 1. The minimum atomic E-state index is 0.208. The first-order chi connectivity index (χ1) is 10.3. The molecular weight excluding hydrogens is 286 g/mol. The molecule has 0 aliphatic rings. The van der Waals surface area contributed by atoms with Crippen LogP contribution in [0.15, 0.2) is 23.4 Å². The van der Waals surface area contributed by atoms with Crippen LogP contribution in [0.3, 0.4) is 0 Å². The van der Waals surface area contributed by atoms with Gasteiger partial charge in [0.15, 0.2) is 5.16 Å². The van der Waals surface area contributed by atoms with Crippen LogP contribution in [0.25, 0.3) is 11.0 Å². The number of methoxy groups -OCH3 is 1. The normalized spacial score (nSPS) is 12.7. The fourth-order valence-electron chi connectivity index (χ4n) is 2.09. The molecule has 1 heterocycles. The Balaban J connectivity index is 1.98. The number of aromatic nitrogens is 2. The summed E-state index contributed by atoms with van der Waals surface area (Å²) >= 11 is 1.68. The van der Waals surface area contributed by atoms with Crippen molar-refractivity contribution < 1.29 is 9.84 Å². The Kier molecular flexibility index (Phi) is 6.35. The molecule has 1 atom stereocenters. The van der Waals surface area contributed by atoms with E-state index in [1.807, 2.05) is 18.2 Å². The molecule has 2 rings (SSSR count). The molecule has 0 saturated carbocycles. The number of H-pyrrole nitrogens is 1. The van der Waals surface area contributed by atoms with Crippen LogP contribution in [0, 0.1) is 0 Å². The van der Waals surface area contributed by atoms with Crippen molar-refractivity contribution in [1.29, 1.82) is 0 Å². The number of hydrogen-bond acceptors (Lipinski definition) is 5. The van der Waals surface area contributed by atoms with Gasteiger partial charge in [-0.1, -0.05) is 18.7 Å². The average molecular weight is 309 g/mol. The zero-order valence-electron chi connectivity index (χ0n) is 12.6. The number of thioether (sulfide) groups is 1. The maximum Gasteiger partial charge on any atom is 0.166 e. The summed E-state index contributed by atoms with van der Waals surface area (Å²) in [6, 6.07) is 6.12. The minimum Gasteiger partial charge on any atom is -0.497 e. The Morgan fingerprint density at radius 1 is 1.48 bits per heavy atom. The lowest BCUT2D eigenvalue weighted by Crippen LogP contribution is -2.32. The highest BCUT2D eigenvalue weighted by Crippen LogP contribution is 2.23. The Bertz CT molecular complexity index is 559. The quantitative estimate of drug-likeness (QED) is 0.621. The number of rotatable bonds is 9. The first-order valence-electron chi connectivity index (χ1n) is 7.27. The smallest absolute Gasteiger partial charge is 0.166 e. The highest BCUT2D eigenvalue weighted by molar-refractivity contribution is 7.99. The zero-order chi connectivity index (χ0) is 15.1. The molecule has 0 bridgehead atoms. The van der Waals surface area contributed by atoms with Gasteiger partial charge < -0.3 is 20.1 Å². The van der Waals surface area contributed by atoms with Gasteiger partial charge in [-0.15, -0.1) is 0 Å². The number of aromatic amines is 1. The third-order valence-electron chi connectivity index (χ3n) is 3.25. The van der Waals surface area contributed by atoms with Crippen molar-refractivity contribution in [3.63, 3.8) is 0 Å². The van der Waals surface area contributed by atoms with Crippen LogP contribution in [0.2, 0.25) is 0 Å². The minimum absolute atomic E-state index is 0.208. The second-order valence-corrected chi connectivity index (χ2v) is 5.91.